The first-order chi connectivity index (χ1) is 7.25. The molecule has 3 nitrogen and oxygen atoms in total. The molecule has 0 aromatic rings. The lowest BCUT2D eigenvalue weighted by molar-refractivity contribution is 0.142. The molecule has 2 unspecified atom stereocenters. The van der Waals surface area contributed by atoms with E-state index >= 15 is 0 Å². The summed E-state index contributed by atoms with van der Waals surface area (Å²) in [5.74, 6) is 0.829. The van der Waals surface area contributed by atoms with Crippen LogP contribution in [-0.4, -0.2) is 53.0 Å². The molecule has 0 spiro atoms. The molecule has 86 valence electrons. The first kappa shape index (κ1) is 11.3. The average Bonchev–Trinajstić information content (AvgIpc) is 2.25. The lowest BCUT2D eigenvalue weighted by Crippen LogP contribution is -2.43. The molecule has 0 amide bonds. The molecule has 0 aliphatic carbocycles. The van der Waals surface area contributed by atoms with Gasteiger partial charge in [0.15, 0.2) is 0 Å². The topological polar surface area (TPSA) is 29.5 Å². The minimum absolute atomic E-state index is 0.323. The Kier molecular flexibility index (Phi) is 3.94. The van der Waals surface area contributed by atoms with Crippen LogP contribution in [0.3, 0.4) is 0 Å². The van der Waals surface area contributed by atoms with E-state index in [-0.39, 0.29) is 0 Å². The summed E-state index contributed by atoms with van der Waals surface area (Å²) in [7, 11) is -0.605. The number of hydrogen-bond donors (Lipinski definition) is 0. The maximum Gasteiger partial charge on any atom is 0.0689 e. The van der Waals surface area contributed by atoms with Crippen molar-refractivity contribution >= 4 is 10.8 Å². The lowest BCUT2D eigenvalue weighted by Gasteiger charge is -2.31. The second-order valence-corrected chi connectivity index (χ2v) is 6.31. The fraction of sp³-hybridized carbons (Fsp3) is 0.818. The number of nitrogens with zero attached hydrogens (tertiary/aromatic N) is 1. The van der Waals surface area contributed by atoms with Crippen LogP contribution < -0.4 is 0 Å². The number of ether oxygens (including phenoxy) is 1. The lowest BCUT2D eigenvalue weighted by atomic mass is 10.2. The van der Waals surface area contributed by atoms with Crippen molar-refractivity contribution in [2.75, 3.05) is 38.6 Å². The van der Waals surface area contributed by atoms with Crippen LogP contribution in [0.5, 0.6) is 0 Å². The monoisotopic (exact) mass is 229 g/mol. The molecule has 0 aromatic heterocycles. The van der Waals surface area contributed by atoms with Crippen LogP contribution in [-0.2, 0) is 15.5 Å². The Balaban J connectivity index is 1.84. The zero-order valence-corrected chi connectivity index (χ0v) is 10.1. The Morgan fingerprint density at radius 3 is 3.20 bits per heavy atom. The molecule has 2 aliphatic heterocycles. The second kappa shape index (κ2) is 5.23. The third-order valence-corrected chi connectivity index (χ3v) is 4.61. The first-order valence-electron chi connectivity index (χ1n) is 5.61. The fourth-order valence-electron chi connectivity index (χ4n) is 2.11. The van der Waals surface area contributed by atoms with Gasteiger partial charge in [0.1, 0.15) is 0 Å². The third-order valence-electron chi connectivity index (χ3n) is 2.98. The van der Waals surface area contributed by atoms with E-state index in [4.69, 9.17) is 4.74 Å². The van der Waals surface area contributed by atoms with Crippen LogP contribution in [0.25, 0.3) is 0 Å². The van der Waals surface area contributed by atoms with Gasteiger partial charge < -0.3 is 4.74 Å². The largest absolute Gasteiger partial charge is 0.377 e. The van der Waals surface area contributed by atoms with Crippen molar-refractivity contribution in [2.45, 2.75) is 18.6 Å². The van der Waals surface area contributed by atoms with E-state index in [1.807, 2.05) is 0 Å². The summed E-state index contributed by atoms with van der Waals surface area (Å²) in [6.07, 6.45) is 3.34. The van der Waals surface area contributed by atoms with E-state index in [0.29, 0.717) is 5.25 Å². The average molecular weight is 229 g/mol. The van der Waals surface area contributed by atoms with Crippen molar-refractivity contribution < 1.29 is 8.95 Å². The van der Waals surface area contributed by atoms with Gasteiger partial charge in [0.25, 0.3) is 0 Å². The molecule has 0 aromatic carbocycles. The summed E-state index contributed by atoms with van der Waals surface area (Å²) in [5, 5.41) is 0.323. The summed E-state index contributed by atoms with van der Waals surface area (Å²) in [6, 6.07) is 0. The quantitative estimate of drug-likeness (QED) is 0.656. The highest BCUT2D eigenvalue weighted by atomic mass is 32.2. The molecule has 0 radical (unpaired) electrons. The fourth-order valence-corrected chi connectivity index (χ4v) is 3.33. The zero-order valence-electron chi connectivity index (χ0n) is 9.28. The molecule has 4 heteroatoms. The van der Waals surface area contributed by atoms with Crippen molar-refractivity contribution in [3.05, 3.63) is 11.6 Å². The van der Waals surface area contributed by atoms with Crippen LogP contribution >= 0.6 is 0 Å². The molecule has 2 aliphatic rings. The van der Waals surface area contributed by atoms with E-state index in [9.17, 15) is 4.21 Å². The molecule has 0 saturated carbocycles. The minimum Gasteiger partial charge on any atom is -0.377 e. The van der Waals surface area contributed by atoms with Crippen LogP contribution in [0.2, 0.25) is 0 Å². The normalized spacial score (nSPS) is 33.8. The molecular weight excluding hydrogens is 210 g/mol. The van der Waals surface area contributed by atoms with E-state index in [1.165, 1.54) is 5.57 Å². The molecular formula is C11H19NO2S. The van der Waals surface area contributed by atoms with Gasteiger partial charge in [0.05, 0.1) is 13.2 Å². The number of rotatable bonds is 2. The van der Waals surface area contributed by atoms with E-state index < -0.39 is 10.8 Å². The standard InChI is InChI=1S/C11H19NO2S/c1-10-7-12(4-6-15(10)13)8-11-3-2-5-14-9-11/h3,10H,2,4-9H2,1H3. The van der Waals surface area contributed by atoms with Crippen LogP contribution in [0.1, 0.15) is 13.3 Å². The number of hydrogen-bond acceptors (Lipinski definition) is 3. The second-order valence-electron chi connectivity index (χ2n) is 4.33. The molecule has 1 saturated heterocycles. The minimum atomic E-state index is -0.605. The maximum atomic E-state index is 11.5. The Labute approximate surface area is 93.9 Å². The van der Waals surface area contributed by atoms with Crippen LogP contribution in [0, 0.1) is 0 Å². The highest BCUT2D eigenvalue weighted by molar-refractivity contribution is 7.85. The van der Waals surface area contributed by atoms with Gasteiger partial charge in [-0.25, -0.2) is 0 Å². The molecule has 0 N–H and O–H groups in total. The predicted molar refractivity (Wildman–Crippen MR) is 62.4 cm³/mol. The highest BCUT2D eigenvalue weighted by Gasteiger charge is 2.22. The van der Waals surface area contributed by atoms with Gasteiger partial charge in [-0.05, 0) is 18.9 Å². The first-order valence-corrected chi connectivity index (χ1v) is 6.99. The van der Waals surface area contributed by atoms with E-state index in [1.54, 1.807) is 0 Å². The van der Waals surface area contributed by atoms with E-state index in [0.717, 1.165) is 45.0 Å². The van der Waals surface area contributed by atoms with Crippen LogP contribution in [0.4, 0.5) is 0 Å². The van der Waals surface area contributed by atoms with Crippen molar-refractivity contribution in [3.8, 4) is 0 Å². The summed E-state index contributed by atoms with van der Waals surface area (Å²) in [4.78, 5) is 2.40. The summed E-state index contributed by atoms with van der Waals surface area (Å²) < 4.78 is 16.9. The van der Waals surface area contributed by atoms with Crippen molar-refractivity contribution in [1.29, 1.82) is 0 Å². The molecule has 2 atom stereocenters. The van der Waals surface area contributed by atoms with Crippen molar-refractivity contribution in [1.82, 2.24) is 4.90 Å². The zero-order chi connectivity index (χ0) is 10.7. The third kappa shape index (κ3) is 3.13. The van der Waals surface area contributed by atoms with E-state index in [2.05, 4.69) is 17.9 Å². The smallest absolute Gasteiger partial charge is 0.0689 e. The molecule has 1 fully saturated rings. The molecule has 2 heterocycles. The van der Waals surface area contributed by atoms with Gasteiger partial charge >= 0.3 is 0 Å². The Morgan fingerprint density at radius 1 is 1.67 bits per heavy atom. The van der Waals surface area contributed by atoms with Gasteiger partial charge in [0, 0.05) is 41.4 Å². The van der Waals surface area contributed by atoms with Gasteiger partial charge in [-0.2, -0.15) is 0 Å². The Morgan fingerprint density at radius 2 is 2.53 bits per heavy atom. The summed E-state index contributed by atoms with van der Waals surface area (Å²) >= 11 is 0. The molecule has 2 rings (SSSR count). The maximum absolute atomic E-state index is 11.5. The van der Waals surface area contributed by atoms with Crippen molar-refractivity contribution in [3.63, 3.8) is 0 Å². The Hall–Kier alpha value is -0.190. The van der Waals surface area contributed by atoms with Gasteiger partial charge in [-0.3, -0.25) is 9.11 Å². The predicted octanol–water partition coefficient (Wildman–Crippen LogP) is 0.786. The molecule has 0 bridgehead atoms. The summed E-state index contributed by atoms with van der Waals surface area (Å²) in [6.45, 7) is 6.66. The van der Waals surface area contributed by atoms with Gasteiger partial charge in [-0.15, -0.1) is 0 Å². The van der Waals surface area contributed by atoms with Gasteiger partial charge in [0.2, 0.25) is 0 Å². The molecule has 15 heavy (non-hydrogen) atoms. The highest BCUT2D eigenvalue weighted by Crippen LogP contribution is 2.12. The summed E-state index contributed by atoms with van der Waals surface area (Å²) in [5.41, 5.74) is 1.39. The van der Waals surface area contributed by atoms with Crippen LogP contribution in [0.15, 0.2) is 11.6 Å². The van der Waals surface area contributed by atoms with Gasteiger partial charge in [-0.1, -0.05) is 6.08 Å². The van der Waals surface area contributed by atoms with Crippen molar-refractivity contribution in [2.24, 2.45) is 0 Å². The Bertz CT molecular complexity index is 278. The SMILES string of the molecule is CC1CN(CC2=CCCOC2)CCS1=O.